The monoisotopic (exact) mass is 391 g/mol. The third kappa shape index (κ3) is 5.30. The molecule has 3 amide bonds. The van der Waals surface area contributed by atoms with Crippen molar-refractivity contribution in [3.05, 3.63) is 23.8 Å². The molecule has 0 aromatic heterocycles. The lowest BCUT2D eigenvalue weighted by atomic mass is 9.87. The molecule has 0 radical (unpaired) electrons. The fraction of sp³-hybridized carbons (Fsp3) is 0.619. The van der Waals surface area contributed by atoms with Crippen LogP contribution in [0.2, 0.25) is 0 Å². The number of likely N-dealkylation sites (tertiary alicyclic amines) is 1. The first-order valence-corrected chi connectivity index (χ1v) is 9.81. The van der Waals surface area contributed by atoms with Gasteiger partial charge in [0.05, 0.1) is 20.1 Å². The van der Waals surface area contributed by atoms with Crippen LogP contribution in [0.15, 0.2) is 18.2 Å². The highest BCUT2D eigenvalue weighted by molar-refractivity contribution is 5.83. The van der Waals surface area contributed by atoms with Crippen LogP contribution >= 0.6 is 0 Å². The third-order valence-corrected chi connectivity index (χ3v) is 4.88. The van der Waals surface area contributed by atoms with E-state index < -0.39 is 0 Å². The predicted molar refractivity (Wildman–Crippen MR) is 109 cm³/mol. The van der Waals surface area contributed by atoms with Gasteiger partial charge in [-0.15, -0.1) is 0 Å². The van der Waals surface area contributed by atoms with Crippen molar-refractivity contribution in [2.24, 2.45) is 11.8 Å². The average molecular weight is 392 g/mol. The topological polar surface area (TPSA) is 79.9 Å². The minimum atomic E-state index is -0.349. The standard InChI is InChI=1S/C21H33N3O4/c1-13(2)10-22-20(25)18-12-24(21(26)23-14(3)4)11-17(18)16-9-15(27-5)7-8-19(16)28-6/h7-9,13-14,17-18H,10-12H2,1-6H3,(H,22,25)(H,23,26)/t17-,18-/m1/s1. The lowest BCUT2D eigenvalue weighted by molar-refractivity contribution is -0.125. The Bertz CT molecular complexity index is 690. The van der Waals surface area contributed by atoms with Crippen LogP contribution in [0.3, 0.4) is 0 Å². The van der Waals surface area contributed by atoms with Gasteiger partial charge in [0.2, 0.25) is 5.91 Å². The molecule has 0 aliphatic carbocycles. The molecular weight excluding hydrogens is 358 g/mol. The van der Waals surface area contributed by atoms with Gasteiger partial charge in [0.15, 0.2) is 0 Å². The number of hydrogen-bond acceptors (Lipinski definition) is 4. The van der Waals surface area contributed by atoms with Gasteiger partial charge in [-0.3, -0.25) is 4.79 Å². The Morgan fingerprint density at radius 2 is 1.86 bits per heavy atom. The number of carbonyl (C=O) groups excluding carboxylic acids is 2. The summed E-state index contributed by atoms with van der Waals surface area (Å²) in [5.41, 5.74) is 0.881. The number of nitrogens with one attached hydrogen (secondary N) is 2. The first-order chi connectivity index (χ1) is 13.3. The van der Waals surface area contributed by atoms with Crippen molar-refractivity contribution in [2.75, 3.05) is 33.9 Å². The molecule has 7 nitrogen and oxygen atoms in total. The molecule has 0 spiro atoms. The van der Waals surface area contributed by atoms with Crippen molar-refractivity contribution >= 4 is 11.9 Å². The number of hydrogen-bond donors (Lipinski definition) is 2. The number of rotatable bonds is 7. The van der Waals surface area contributed by atoms with Gasteiger partial charge < -0.3 is 25.0 Å². The van der Waals surface area contributed by atoms with Crippen molar-refractivity contribution in [3.8, 4) is 11.5 Å². The minimum absolute atomic E-state index is 0.0334. The van der Waals surface area contributed by atoms with Crippen LogP contribution in [-0.2, 0) is 4.79 Å². The van der Waals surface area contributed by atoms with Crippen molar-refractivity contribution in [3.63, 3.8) is 0 Å². The first kappa shape index (κ1) is 21.9. The van der Waals surface area contributed by atoms with E-state index in [9.17, 15) is 9.59 Å². The van der Waals surface area contributed by atoms with E-state index in [0.717, 1.165) is 5.56 Å². The van der Waals surface area contributed by atoms with Crippen molar-refractivity contribution in [1.29, 1.82) is 0 Å². The molecule has 1 aromatic carbocycles. The number of amides is 3. The Kier molecular flexibility index (Phi) is 7.54. The lowest BCUT2D eigenvalue weighted by Gasteiger charge is -2.21. The molecule has 2 atom stereocenters. The normalized spacial score (nSPS) is 19.1. The zero-order valence-electron chi connectivity index (χ0n) is 17.7. The van der Waals surface area contributed by atoms with Gasteiger partial charge in [-0.25, -0.2) is 4.79 Å². The number of methoxy groups -OCH3 is 2. The van der Waals surface area contributed by atoms with Crippen molar-refractivity contribution < 1.29 is 19.1 Å². The predicted octanol–water partition coefficient (Wildman–Crippen LogP) is 2.61. The van der Waals surface area contributed by atoms with Gasteiger partial charge >= 0.3 is 6.03 Å². The molecule has 1 fully saturated rings. The van der Waals surface area contributed by atoms with Crippen LogP contribution in [0, 0.1) is 11.8 Å². The summed E-state index contributed by atoms with van der Waals surface area (Å²) in [4.78, 5) is 27.2. The summed E-state index contributed by atoms with van der Waals surface area (Å²) < 4.78 is 10.9. The number of ether oxygens (including phenoxy) is 2. The smallest absolute Gasteiger partial charge is 0.317 e. The molecule has 2 rings (SSSR count). The molecule has 28 heavy (non-hydrogen) atoms. The summed E-state index contributed by atoms with van der Waals surface area (Å²) in [6.45, 7) is 9.37. The van der Waals surface area contributed by atoms with Crippen LogP contribution < -0.4 is 20.1 Å². The zero-order chi connectivity index (χ0) is 20.8. The zero-order valence-corrected chi connectivity index (χ0v) is 17.7. The second-order valence-corrected chi connectivity index (χ2v) is 7.97. The molecule has 1 heterocycles. The Labute approximate surface area is 167 Å². The summed E-state index contributed by atoms with van der Waals surface area (Å²) in [5.74, 6) is 1.19. The quantitative estimate of drug-likeness (QED) is 0.749. The number of urea groups is 1. The molecule has 0 saturated carbocycles. The molecule has 1 saturated heterocycles. The summed E-state index contributed by atoms with van der Waals surface area (Å²) >= 11 is 0. The second kappa shape index (κ2) is 9.66. The molecule has 1 aromatic rings. The molecule has 1 aliphatic rings. The highest BCUT2D eigenvalue weighted by atomic mass is 16.5. The summed E-state index contributed by atoms with van der Waals surface area (Å²) in [7, 11) is 3.22. The Morgan fingerprint density at radius 3 is 2.43 bits per heavy atom. The van der Waals surface area contributed by atoms with E-state index in [1.165, 1.54) is 0 Å². The molecule has 156 valence electrons. The van der Waals surface area contributed by atoms with Crippen LogP contribution in [0.4, 0.5) is 4.79 Å². The molecular formula is C21H33N3O4. The molecule has 2 N–H and O–H groups in total. The maximum absolute atomic E-state index is 12.9. The third-order valence-electron chi connectivity index (χ3n) is 4.88. The Hall–Kier alpha value is -2.44. The van der Waals surface area contributed by atoms with Gasteiger partial charge in [-0.05, 0) is 38.0 Å². The van der Waals surface area contributed by atoms with E-state index in [2.05, 4.69) is 24.5 Å². The van der Waals surface area contributed by atoms with Gasteiger partial charge in [0.1, 0.15) is 11.5 Å². The average Bonchev–Trinajstić information content (AvgIpc) is 3.10. The SMILES string of the molecule is COc1ccc(OC)c([C@H]2CN(C(=O)NC(C)C)C[C@H]2C(=O)NCC(C)C)c1. The summed E-state index contributed by atoms with van der Waals surface area (Å²) in [6, 6.07) is 5.45. The van der Waals surface area contributed by atoms with E-state index in [1.54, 1.807) is 19.1 Å². The van der Waals surface area contributed by atoms with Crippen LogP contribution in [-0.4, -0.2) is 56.7 Å². The van der Waals surface area contributed by atoms with Gasteiger partial charge in [0.25, 0.3) is 0 Å². The van der Waals surface area contributed by atoms with Gasteiger partial charge in [0, 0.05) is 37.2 Å². The minimum Gasteiger partial charge on any atom is -0.497 e. The maximum Gasteiger partial charge on any atom is 0.317 e. The molecule has 0 bridgehead atoms. The Balaban J connectivity index is 2.33. The maximum atomic E-state index is 12.9. The first-order valence-electron chi connectivity index (χ1n) is 9.81. The van der Waals surface area contributed by atoms with Crippen LogP contribution in [0.25, 0.3) is 0 Å². The summed E-state index contributed by atoms with van der Waals surface area (Å²) in [6.07, 6.45) is 0. The fourth-order valence-corrected chi connectivity index (χ4v) is 3.45. The summed E-state index contributed by atoms with van der Waals surface area (Å²) in [5, 5.41) is 5.94. The van der Waals surface area contributed by atoms with E-state index >= 15 is 0 Å². The highest BCUT2D eigenvalue weighted by Gasteiger charge is 2.41. The van der Waals surface area contributed by atoms with E-state index in [-0.39, 0.29) is 29.8 Å². The highest BCUT2D eigenvalue weighted by Crippen LogP contribution is 2.39. The van der Waals surface area contributed by atoms with Crippen molar-refractivity contribution in [2.45, 2.75) is 39.7 Å². The largest absolute Gasteiger partial charge is 0.497 e. The lowest BCUT2D eigenvalue weighted by Crippen LogP contribution is -2.42. The number of nitrogens with zero attached hydrogens (tertiary/aromatic N) is 1. The molecule has 7 heteroatoms. The van der Waals surface area contributed by atoms with Crippen LogP contribution in [0.1, 0.15) is 39.2 Å². The number of carbonyl (C=O) groups is 2. The molecule has 1 aliphatic heterocycles. The van der Waals surface area contributed by atoms with E-state index in [0.29, 0.717) is 37.1 Å². The second-order valence-electron chi connectivity index (χ2n) is 7.97. The van der Waals surface area contributed by atoms with E-state index in [4.69, 9.17) is 9.47 Å². The van der Waals surface area contributed by atoms with Gasteiger partial charge in [-0.2, -0.15) is 0 Å². The van der Waals surface area contributed by atoms with Crippen LogP contribution in [0.5, 0.6) is 11.5 Å². The molecule has 0 unspecified atom stereocenters. The number of benzene rings is 1. The fourth-order valence-electron chi connectivity index (χ4n) is 3.45. The van der Waals surface area contributed by atoms with Gasteiger partial charge in [-0.1, -0.05) is 13.8 Å². The Morgan fingerprint density at radius 1 is 1.14 bits per heavy atom. The van der Waals surface area contributed by atoms with Crippen molar-refractivity contribution in [1.82, 2.24) is 15.5 Å². The van der Waals surface area contributed by atoms with E-state index in [1.807, 2.05) is 32.0 Å².